The van der Waals surface area contributed by atoms with Crippen LogP contribution >= 0.6 is 31.0 Å². The molecule has 66 heavy (non-hydrogen) atoms. The molecule has 1 aromatic heterocycles. The maximum absolute atomic E-state index is 13.4. The van der Waals surface area contributed by atoms with Crippen molar-refractivity contribution in [3.63, 3.8) is 0 Å². The number of carbonyl (C=O) groups is 4. The van der Waals surface area contributed by atoms with E-state index in [-0.39, 0.29) is 29.7 Å². The number of piperazine rings is 1. The van der Waals surface area contributed by atoms with Gasteiger partial charge in [-0.15, -0.1) is 11.8 Å². The summed E-state index contributed by atoms with van der Waals surface area (Å²) < 4.78 is 29.5. The predicted molar refractivity (Wildman–Crippen MR) is 255 cm³/mol. The maximum atomic E-state index is 13.4. The lowest BCUT2D eigenvalue weighted by atomic mass is 10.0. The molecule has 1 atom stereocenters. The minimum Gasteiger partial charge on any atom is -0.494 e. The third kappa shape index (κ3) is 10.4. The second-order valence-corrected chi connectivity index (χ2v) is 20.3. The first-order valence-corrected chi connectivity index (χ1v) is 25.1. The molecule has 0 aliphatic carbocycles. The van der Waals surface area contributed by atoms with Crippen LogP contribution in [0.1, 0.15) is 65.7 Å². The highest BCUT2D eigenvalue weighted by Gasteiger charge is 2.45. The number of para-hydroxylation sites is 1. The van der Waals surface area contributed by atoms with Gasteiger partial charge in [-0.3, -0.25) is 38.9 Å². The van der Waals surface area contributed by atoms with Crippen LogP contribution in [-0.2, 0) is 23.2 Å². The number of ether oxygens (including phenoxy) is 1. The molecule has 20 heteroatoms. The van der Waals surface area contributed by atoms with E-state index in [0.29, 0.717) is 45.4 Å². The van der Waals surface area contributed by atoms with Crippen molar-refractivity contribution in [1.82, 2.24) is 30.0 Å². The van der Waals surface area contributed by atoms with Crippen molar-refractivity contribution in [3.05, 3.63) is 83.0 Å². The number of hydrogen-bond acceptors (Lipinski definition) is 16. The standard InChI is InChI=1S/C46H55ClN9O8PS/c1-62-37-28-31(14-15-34(37)50-46-48-29-33(47)42(52-46)49-35-11-5-6-12-38(35)65(61,63-2)64-3)54-21-18-30(19-22-54)55-25-23-53(24-26-55)20-7-4-8-27-66-39-13-9-10-32-41(39)45(60)56(44(32)59)36-16-17-40(57)51-43(36)58/h5-6,9-15,28-30,36H,4,7-8,16-27H2,1-3H3,(H,51,57,58)(H2,48,49,50,52). The highest BCUT2D eigenvalue weighted by molar-refractivity contribution is 7.99. The van der Waals surface area contributed by atoms with E-state index in [2.05, 4.69) is 46.7 Å². The summed E-state index contributed by atoms with van der Waals surface area (Å²) >= 11 is 8.07. The van der Waals surface area contributed by atoms with Gasteiger partial charge in [0.15, 0.2) is 5.82 Å². The van der Waals surface area contributed by atoms with Crippen molar-refractivity contribution in [1.29, 1.82) is 0 Å². The fourth-order valence-corrected chi connectivity index (χ4v) is 11.5. The molecule has 350 valence electrons. The van der Waals surface area contributed by atoms with Gasteiger partial charge < -0.3 is 34.2 Å². The number of anilines is 5. The van der Waals surface area contributed by atoms with Crippen LogP contribution in [0.25, 0.3) is 0 Å². The number of thioether (sulfide) groups is 1. The number of aromatic nitrogens is 2. The molecule has 0 spiro atoms. The summed E-state index contributed by atoms with van der Waals surface area (Å²) in [5, 5.41) is 9.29. The molecule has 0 radical (unpaired) electrons. The number of amides is 4. The van der Waals surface area contributed by atoms with E-state index in [4.69, 9.17) is 25.4 Å². The largest absolute Gasteiger partial charge is 0.494 e. The predicted octanol–water partition coefficient (Wildman–Crippen LogP) is 6.69. The molecule has 4 aliphatic heterocycles. The van der Waals surface area contributed by atoms with Gasteiger partial charge >= 0.3 is 7.60 Å². The van der Waals surface area contributed by atoms with E-state index >= 15 is 0 Å². The Morgan fingerprint density at radius 3 is 2.36 bits per heavy atom. The fourth-order valence-electron chi connectivity index (χ4n) is 9.07. The highest BCUT2D eigenvalue weighted by atomic mass is 35.5. The second kappa shape index (κ2) is 21.3. The monoisotopic (exact) mass is 959 g/mol. The first-order valence-electron chi connectivity index (χ1n) is 22.2. The van der Waals surface area contributed by atoms with Gasteiger partial charge in [-0.2, -0.15) is 4.98 Å². The molecule has 3 saturated heterocycles. The van der Waals surface area contributed by atoms with Gasteiger partial charge in [-0.1, -0.05) is 36.2 Å². The minimum absolute atomic E-state index is 0.0970. The summed E-state index contributed by atoms with van der Waals surface area (Å²) in [5.41, 5.74) is 2.94. The molecule has 3 fully saturated rings. The Bertz CT molecular complexity index is 2500. The number of rotatable bonds is 18. The topological polar surface area (TPSA) is 188 Å². The average molecular weight is 960 g/mol. The second-order valence-electron chi connectivity index (χ2n) is 16.5. The van der Waals surface area contributed by atoms with Gasteiger partial charge in [-0.05, 0) is 80.8 Å². The van der Waals surface area contributed by atoms with Crippen molar-refractivity contribution >= 4 is 88.7 Å². The van der Waals surface area contributed by atoms with Crippen LogP contribution < -0.4 is 30.9 Å². The smallest absolute Gasteiger partial charge is 0.362 e. The summed E-state index contributed by atoms with van der Waals surface area (Å²) in [6.07, 6.45) is 7.05. The van der Waals surface area contributed by atoms with Gasteiger partial charge in [0.1, 0.15) is 16.8 Å². The van der Waals surface area contributed by atoms with E-state index in [1.165, 1.54) is 20.4 Å². The van der Waals surface area contributed by atoms with Crippen LogP contribution in [0.5, 0.6) is 5.75 Å². The van der Waals surface area contributed by atoms with Gasteiger partial charge in [0.25, 0.3) is 11.8 Å². The average Bonchev–Trinajstić information content (AvgIpc) is 3.60. The number of benzene rings is 3. The fraction of sp³-hybridized carbons (Fsp3) is 0.435. The molecule has 3 N–H and O–H groups in total. The molecule has 17 nitrogen and oxygen atoms in total. The van der Waals surface area contributed by atoms with Gasteiger partial charge in [-0.25, -0.2) is 4.98 Å². The Labute approximate surface area is 393 Å². The van der Waals surface area contributed by atoms with Crippen molar-refractivity contribution < 1.29 is 37.5 Å². The first-order chi connectivity index (χ1) is 32.0. The lowest BCUT2D eigenvalue weighted by Gasteiger charge is -2.43. The van der Waals surface area contributed by atoms with E-state index in [1.54, 1.807) is 55.3 Å². The van der Waals surface area contributed by atoms with E-state index < -0.39 is 31.4 Å². The van der Waals surface area contributed by atoms with Crippen molar-refractivity contribution in [2.75, 3.05) is 88.4 Å². The zero-order valence-electron chi connectivity index (χ0n) is 37.3. The molecule has 4 amide bonds. The van der Waals surface area contributed by atoms with Crippen LogP contribution in [-0.4, -0.2) is 133 Å². The lowest BCUT2D eigenvalue weighted by molar-refractivity contribution is -0.136. The lowest BCUT2D eigenvalue weighted by Crippen LogP contribution is -2.54. The molecule has 0 bridgehead atoms. The van der Waals surface area contributed by atoms with Crippen LogP contribution in [0.4, 0.5) is 28.8 Å². The van der Waals surface area contributed by atoms with Crippen LogP contribution in [0.15, 0.2) is 71.8 Å². The molecule has 8 rings (SSSR count). The van der Waals surface area contributed by atoms with E-state index in [9.17, 15) is 23.7 Å². The zero-order valence-corrected chi connectivity index (χ0v) is 39.8. The number of unbranched alkanes of at least 4 members (excludes halogenated alkanes) is 2. The zero-order chi connectivity index (χ0) is 46.4. The number of methoxy groups -OCH3 is 1. The number of halogens is 1. The van der Waals surface area contributed by atoms with Crippen molar-refractivity contribution in [3.8, 4) is 5.75 Å². The maximum Gasteiger partial charge on any atom is 0.362 e. The number of nitrogens with one attached hydrogen (secondary N) is 3. The van der Waals surface area contributed by atoms with Crippen LogP contribution in [0.3, 0.4) is 0 Å². The van der Waals surface area contributed by atoms with Gasteiger partial charge in [0.2, 0.25) is 17.8 Å². The third-order valence-electron chi connectivity index (χ3n) is 12.7. The third-order valence-corrected chi connectivity index (χ3v) is 16.0. The summed E-state index contributed by atoms with van der Waals surface area (Å²) in [4.78, 5) is 69.1. The molecular weight excluding hydrogens is 905 g/mol. The SMILES string of the molecule is COc1cc(N2CCC(N3CCN(CCCCCSc4cccc5c4C(=O)N(C4CCC(=O)NC4=O)C5=O)CC3)CC2)ccc1Nc1ncc(Cl)c(Nc2ccccc2P(=O)(OC)OC)n1. The molecule has 5 heterocycles. The number of carbonyl (C=O) groups excluding carboxylic acids is 4. The van der Waals surface area contributed by atoms with Gasteiger partial charge in [0.05, 0.1) is 41.1 Å². The Hall–Kier alpha value is -5.07. The molecule has 3 aromatic carbocycles. The van der Waals surface area contributed by atoms with E-state index in [0.717, 1.165) is 99.2 Å². The summed E-state index contributed by atoms with van der Waals surface area (Å²) in [6, 6.07) is 17.9. The van der Waals surface area contributed by atoms with Crippen molar-refractivity contribution in [2.45, 2.75) is 61.9 Å². The summed E-state index contributed by atoms with van der Waals surface area (Å²) in [5.74, 6) is 0.152. The molecular formula is C46H55ClN9O8PS. The van der Waals surface area contributed by atoms with Crippen molar-refractivity contribution in [2.24, 2.45) is 0 Å². The Kier molecular flexibility index (Phi) is 15.3. The number of imide groups is 2. The number of nitrogens with zero attached hydrogens (tertiary/aromatic N) is 6. The number of fused-ring (bicyclic) bond motifs is 1. The van der Waals surface area contributed by atoms with E-state index in [1.807, 2.05) is 18.2 Å². The normalized spacial score (nSPS) is 18.7. The first kappa shape index (κ1) is 47.4. The number of piperidine rings is 2. The van der Waals surface area contributed by atoms with Crippen LogP contribution in [0, 0.1) is 0 Å². The molecule has 0 saturated carbocycles. The Balaban J connectivity index is 0.758. The quantitative estimate of drug-likeness (QED) is 0.0414. The Morgan fingerprint density at radius 2 is 1.62 bits per heavy atom. The van der Waals surface area contributed by atoms with Crippen LogP contribution in [0.2, 0.25) is 5.02 Å². The minimum atomic E-state index is -3.57. The summed E-state index contributed by atoms with van der Waals surface area (Å²) in [6.45, 7) is 7.20. The molecule has 4 aromatic rings. The summed E-state index contributed by atoms with van der Waals surface area (Å²) in [7, 11) is 0.741. The molecule has 1 unspecified atom stereocenters. The van der Waals surface area contributed by atoms with Gasteiger partial charge in [0, 0.05) is 82.6 Å². The number of hydrogen-bond donors (Lipinski definition) is 3. The Morgan fingerprint density at radius 1 is 0.848 bits per heavy atom. The molecule has 4 aliphatic rings. The highest BCUT2D eigenvalue weighted by Crippen LogP contribution is 2.47.